The zero-order valence-electron chi connectivity index (χ0n) is 15.9. The standard InChI is InChI=1S/C22H15F4N3O2/c23-18-8-19(24)22(26)21(25)17(18)11-29-10-15(9-27-29)28-20(30)12-31-16-6-5-13-3-1-2-4-14(13)7-16/h1-10H,11-12H2,(H,28,30). The van der Waals surface area contributed by atoms with Crippen molar-refractivity contribution in [3.8, 4) is 5.75 Å². The number of hydrogen-bond donors (Lipinski definition) is 1. The number of carbonyl (C=O) groups excluding carboxylic acids is 1. The van der Waals surface area contributed by atoms with Crippen LogP contribution >= 0.6 is 0 Å². The Bertz CT molecular complexity index is 1270. The van der Waals surface area contributed by atoms with E-state index in [4.69, 9.17) is 4.74 Å². The van der Waals surface area contributed by atoms with E-state index in [1.807, 2.05) is 36.4 Å². The first-order chi connectivity index (χ1) is 14.9. The van der Waals surface area contributed by atoms with E-state index in [9.17, 15) is 22.4 Å². The van der Waals surface area contributed by atoms with Gasteiger partial charge < -0.3 is 10.1 Å². The molecule has 1 heterocycles. The monoisotopic (exact) mass is 429 g/mol. The molecule has 3 aromatic carbocycles. The second-order valence-electron chi connectivity index (χ2n) is 6.72. The van der Waals surface area contributed by atoms with Gasteiger partial charge in [0, 0.05) is 17.8 Å². The molecule has 1 aromatic heterocycles. The summed E-state index contributed by atoms with van der Waals surface area (Å²) in [6, 6.07) is 13.4. The van der Waals surface area contributed by atoms with Crippen LogP contribution in [-0.2, 0) is 11.3 Å². The number of rotatable bonds is 6. The normalized spacial score (nSPS) is 11.0. The molecule has 0 fully saturated rings. The first kappa shape index (κ1) is 20.4. The summed E-state index contributed by atoms with van der Waals surface area (Å²) in [5.41, 5.74) is -0.435. The van der Waals surface area contributed by atoms with Crippen LogP contribution in [0.15, 0.2) is 60.9 Å². The van der Waals surface area contributed by atoms with Crippen LogP contribution in [0.5, 0.6) is 5.75 Å². The number of fused-ring (bicyclic) bond motifs is 1. The minimum Gasteiger partial charge on any atom is -0.484 e. The third kappa shape index (κ3) is 4.50. The third-order valence-electron chi connectivity index (χ3n) is 4.54. The largest absolute Gasteiger partial charge is 0.484 e. The van der Waals surface area contributed by atoms with Crippen LogP contribution in [0.3, 0.4) is 0 Å². The van der Waals surface area contributed by atoms with Crippen molar-refractivity contribution < 1.29 is 27.1 Å². The molecule has 0 aliphatic heterocycles. The number of aromatic nitrogens is 2. The number of halogens is 4. The van der Waals surface area contributed by atoms with E-state index >= 15 is 0 Å². The van der Waals surface area contributed by atoms with Gasteiger partial charge in [-0.2, -0.15) is 5.10 Å². The van der Waals surface area contributed by atoms with Crippen LogP contribution in [0.1, 0.15) is 5.56 Å². The van der Waals surface area contributed by atoms with Crippen LogP contribution in [0.25, 0.3) is 10.8 Å². The number of benzene rings is 3. The SMILES string of the molecule is O=C(COc1ccc2ccccc2c1)Nc1cnn(Cc2c(F)cc(F)c(F)c2F)c1. The van der Waals surface area contributed by atoms with Crippen molar-refractivity contribution in [1.29, 1.82) is 0 Å². The number of hydrogen-bond acceptors (Lipinski definition) is 3. The number of carbonyl (C=O) groups is 1. The molecule has 5 nitrogen and oxygen atoms in total. The highest BCUT2D eigenvalue weighted by molar-refractivity contribution is 5.91. The molecule has 31 heavy (non-hydrogen) atoms. The summed E-state index contributed by atoms with van der Waals surface area (Å²) in [7, 11) is 0. The topological polar surface area (TPSA) is 56.1 Å². The molecule has 0 saturated heterocycles. The highest BCUT2D eigenvalue weighted by Gasteiger charge is 2.19. The lowest BCUT2D eigenvalue weighted by Gasteiger charge is -2.08. The number of ether oxygens (including phenoxy) is 1. The fourth-order valence-corrected chi connectivity index (χ4v) is 3.03. The Morgan fingerprint density at radius 3 is 2.55 bits per heavy atom. The van der Waals surface area contributed by atoms with E-state index in [1.165, 1.54) is 12.4 Å². The van der Waals surface area contributed by atoms with E-state index in [-0.39, 0.29) is 18.4 Å². The van der Waals surface area contributed by atoms with Gasteiger partial charge in [0.2, 0.25) is 0 Å². The molecule has 1 amide bonds. The number of nitrogens with zero attached hydrogens (tertiary/aromatic N) is 2. The maximum Gasteiger partial charge on any atom is 0.262 e. The highest BCUT2D eigenvalue weighted by Crippen LogP contribution is 2.22. The van der Waals surface area contributed by atoms with E-state index in [0.717, 1.165) is 15.5 Å². The Hall–Kier alpha value is -3.88. The van der Waals surface area contributed by atoms with E-state index in [2.05, 4.69) is 10.4 Å². The van der Waals surface area contributed by atoms with Crippen molar-refractivity contribution in [2.24, 2.45) is 0 Å². The molecule has 0 bridgehead atoms. The maximum absolute atomic E-state index is 13.8. The van der Waals surface area contributed by atoms with Crippen LogP contribution in [0.2, 0.25) is 0 Å². The highest BCUT2D eigenvalue weighted by atomic mass is 19.2. The Morgan fingerprint density at radius 1 is 0.968 bits per heavy atom. The van der Waals surface area contributed by atoms with Gasteiger partial charge in [-0.3, -0.25) is 9.48 Å². The van der Waals surface area contributed by atoms with Crippen molar-refractivity contribution >= 4 is 22.4 Å². The molecule has 9 heteroatoms. The number of nitrogens with one attached hydrogen (secondary N) is 1. The fraction of sp³-hybridized carbons (Fsp3) is 0.0909. The molecule has 4 aromatic rings. The Kier molecular flexibility index (Phi) is 5.57. The Morgan fingerprint density at radius 2 is 1.74 bits per heavy atom. The average molecular weight is 429 g/mol. The van der Waals surface area contributed by atoms with Gasteiger partial charge in [0.1, 0.15) is 11.6 Å². The first-order valence-corrected chi connectivity index (χ1v) is 9.16. The first-order valence-electron chi connectivity index (χ1n) is 9.16. The summed E-state index contributed by atoms with van der Waals surface area (Å²) in [5, 5.41) is 8.41. The molecular weight excluding hydrogens is 414 g/mol. The van der Waals surface area contributed by atoms with Crippen molar-refractivity contribution in [3.05, 3.63) is 89.8 Å². The number of amides is 1. The predicted molar refractivity (Wildman–Crippen MR) is 106 cm³/mol. The molecule has 0 aliphatic carbocycles. The quantitative estimate of drug-likeness (QED) is 0.276. The molecule has 0 aliphatic rings. The van der Waals surface area contributed by atoms with Crippen LogP contribution in [0, 0.1) is 23.3 Å². The zero-order chi connectivity index (χ0) is 22.0. The summed E-state index contributed by atoms with van der Waals surface area (Å²) in [5.74, 6) is -6.18. The van der Waals surface area contributed by atoms with Gasteiger partial charge in [-0.05, 0) is 22.9 Å². The van der Waals surface area contributed by atoms with Gasteiger partial charge >= 0.3 is 0 Å². The van der Waals surface area contributed by atoms with Crippen molar-refractivity contribution in [1.82, 2.24) is 9.78 Å². The average Bonchev–Trinajstić information content (AvgIpc) is 3.20. The molecular formula is C22H15F4N3O2. The fourth-order valence-electron chi connectivity index (χ4n) is 3.03. The Balaban J connectivity index is 1.37. The molecule has 158 valence electrons. The van der Waals surface area contributed by atoms with Gasteiger partial charge in [-0.1, -0.05) is 30.3 Å². The number of anilines is 1. The van der Waals surface area contributed by atoms with Crippen LogP contribution < -0.4 is 10.1 Å². The van der Waals surface area contributed by atoms with E-state index < -0.39 is 41.3 Å². The summed E-state index contributed by atoms with van der Waals surface area (Å²) < 4.78 is 60.5. The van der Waals surface area contributed by atoms with Crippen LogP contribution in [0.4, 0.5) is 23.2 Å². The molecule has 0 saturated carbocycles. The van der Waals surface area contributed by atoms with Crippen molar-refractivity contribution in [3.63, 3.8) is 0 Å². The summed E-state index contributed by atoms with van der Waals surface area (Å²) in [4.78, 5) is 12.1. The van der Waals surface area contributed by atoms with E-state index in [0.29, 0.717) is 5.75 Å². The predicted octanol–water partition coefficient (Wildman–Crippen LogP) is 4.66. The van der Waals surface area contributed by atoms with Crippen molar-refractivity contribution in [2.75, 3.05) is 11.9 Å². The zero-order valence-corrected chi connectivity index (χ0v) is 15.9. The summed E-state index contributed by atoms with van der Waals surface area (Å²) >= 11 is 0. The van der Waals surface area contributed by atoms with Gasteiger partial charge in [0.05, 0.1) is 18.4 Å². The minimum absolute atomic E-state index is 0.246. The molecule has 0 atom stereocenters. The lowest BCUT2D eigenvalue weighted by Crippen LogP contribution is -2.19. The van der Waals surface area contributed by atoms with Crippen LogP contribution in [-0.4, -0.2) is 22.3 Å². The lowest BCUT2D eigenvalue weighted by molar-refractivity contribution is -0.118. The third-order valence-corrected chi connectivity index (χ3v) is 4.54. The second-order valence-corrected chi connectivity index (χ2v) is 6.72. The Labute approximate surface area is 173 Å². The minimum atomic E-state index is -1.76. The molecule has 0 unspecified atom stereocenters. The summed E-state index contributed by atoms with van der Waals surface area (Å²) in [6.07, 6.45) is 2.55. The van der Waals surface area contributed by atoms with Gasteiger partial charge in [-0.15, -0.1) is 0 Å². The molecule has 0 spiro atoms. The van der Waals surface area contributed by atoms with Gasteiger partial charge in [0.25, 0.3) is 5.91 Å². The summed E-state index contributed by atoms with van der Waals surface area (Å²) in [6.45, 7) is -0.756. The van der Waals surface area contributed by atoms with Crippen molar-refractivity contribution in [2.45, 2.75) is 6.54 Å². The van der Waals surface area contributed by atoms with Gasteiger partial charge in [0.15, 0.2) is 24.1 Å². The van der Waals surface area contributed by atoms with E-state index in [1.54, 1.807) is 6.07 Å². The lowest BCUT2D eigenvalue weighted by atomic mass is 10.1. The molecule has 0 radical (unpaired) electrons. The van der Waals surface area contributed by atoms with Gasteiger partial charge in [-0.25, -0.2) is 17.6 Å². The molecule has 1 N–H and O–H groups in total. The maximum atomic E-state index is 13.8. The second kappa shape index (κ2) is 8.47. The molecule has 4 rings (SSSR count). The smallest absolute Gasteiger partial charge is 0.262 e.